The van der Waals surface area contributed by atoms with Gasteiger partial charge in [-0.3, -0.25) is 4.79 Å². The first kappa shape index (κ1) is 17.6. The Labute approximate surface area is 142 Å². The topological polar surface area (TPSA) is 72.5 Å². The van der Waals surface area contributed by atoms with Crippen LogP contribution >= 0.6 is 0 Å². The lowest BCUT2D eigenvalue weighted by Gasteiger charge is -2.13. The van der Waals surface area contributed by atoms with Gasteiger partial charge in [-0.05, 0) is 37.6 Å². The lowest BCUT2D eigenvalue weighted by atomic mass is 10.2. The number of benzene rings is 1. The fraction of sp³-hybridized carbons (Fsp3) is 0.333. The maximum absolute atomic E-state index is 12.4. The largest absolute Gasteiger partial charge is 0.497 e. The summed E-state index contributed by atoms with van der Waals surface area (Å²) in [5.74, 6) is 1.69. The van der Waals surface area contributed by atoms with Crippen LogP contribution in [0.25, 0.3) is 0 Å². The van der Waals surface area contributed by atoms with E-state index in [2.05, 4.69) is 29.5 Å². The number of rotatable bonds is 7. The van der Waals surface area contributed by atoms with Crippen molar-refractivity contribution in [3.05, 3.63) is 42.1 Å². The molecule has 24 heavy (non-hydrogen) atoms. The average Bonchev–Trinajstić information content (AvgIpc) is 2.62. The summed E-state index contributed by atoms with van der Waals surface area (Å²) in [4.78, 5) is 16.7. The Morgan fingerprint density at radius 3 is 2.58 bits per heavy atom. The second-order valence-corrected chi connectivity index (χ2v) is 5.41. The molecule has 0 bridgehead atoms. The number of carbonyl (C=O) groups excluding carboxylic acids is 1. The van der Waals surface area contributed by atoms with Gasteiger partial charge in [-0.15, -0.1) is 0 Å². The molecule has 0 saturated carbocycles. The molecule has 1 aromatic carbocycles. The van der Waals surface area contributed by atoms with Crippen molar-refractivity contribution in [2.24, 2.45) is 0 Å². The van der Waals surface area contributed by atoms with Crippen LogP contribution in [0.4, 0.5) is 11.5 Å². The molecular formula is C18H23N3O3. The smallest absolute Gasteiger partial charge is 0.257 e. The quantitative estimate of drug-likeness (QED) is 0.812. The summed E-state index contributed by atoms with van der Waals surface area (Å²) in [5.41, 5.74) is 1.01. The maximum atomic E-state index is 12.4. The first-order chi connectivity index (χ1) is 11.6. The number of pyridine rings is 1. The number of amides is 1. The van der Waals surface area contributed by atoms with Crippen molar-refractivity contribution in [2.45, 2.75) is 26.3 Å². The van der Waals surface area contributed by atoms with Gasteiger partial charge in [0.05, 0.1) is 25.5 Å². The Kier molecular flexibility index (Phi) is 6.01. The summed E-state index contributed by atoms with van der Waals surface area (Å²) in [6.07, 6.45) is 2.55. The number of nitrogens with zero attached hydrogens (tertiary/aromatic N) is 1. The number of carbonyl (C=O) groups is 1. The number of methoxy groups -OCH3 is 2. The van der Waals surface area contributed by atoms with E-state index in [1.165, 1.54) is 0 Å². The fourth-order valence-electron chi connectivity index (χ4n) is 2.07. The molecule has 2 rings (SSSR count). The predicted molar refractivity (Wildman–Crippen MR) is 95.1 cm³/mol. The molecule has 0 fully saturated rings. The Morgan fingerprint density at radius 1 is 1.21 bits per heavy atom. The third-order valence-corrected chi connectivity index (χ3v) is 3.69. The van der Waals surface area contributed by atoms with Crippen LogP contribution in [0.1, 0.15) is 30.6 Å². The van der Waals surface area contributed by atoms with Crippen LogP contribution in [0.5, 0.6) is 11.5 Å². The number of ether oxygens (including phenoxy) is 2. The highest BCUT2D eigenvalue weighted by atomic mass is 16.5. The zero-order valence-electron chi connectivity index (χ0n) is 14.4. The van der Waals surface area contributed by atoms with Crippen LogP contribution in [0.3, 0.4) is 0 Å². The van der Waals surface area contributed by atoms with E-state index in [0.717, 1.165) is 12.2 Å². The minimum absolute atomic E-state index is 0.260. The normalized spacial score (nSPS) is 11.5. The number of hydrogen-bond donors (Lipinski definition) is 2. The molecule has 1 atom stereocenters. The molecule has 2 N–H and O–H groups in total. The summed E-state index contributed by atoms with van der Waals surface area (Å²) >= 11 is 0. The maximum Gasteiger partial charge on any atom is 0.257 e. The van der Waals surface area contributed by atoms with Gasteiger partial charge in [0.1, 0.15) is 17.3 Å². The van der Waals surface area contributed by atoms with Gasteiger partial charge in [-0.2, -0.15) is 0 Å². The van der Waals surface area contributed by atoms with Crippen molar-refractivity contribution in [1.82, 2.24) is 4.98 Å². The van der Waals surface area contributed by atoms with Crippen LogP contribution in [0.2, 0.25) is 0 Å². The third kappa shape index (κ3) is 4.38. The summed E-state index contributed by atoms with van der Waals surface area (Å²) in [7, 11) is 3.12. The molecule has 1 unspecified atom stereocenters. The summed E-state index contributed by atoms with van der Waals surface area (Å²) < 4.78 is 10.4. The van der Waals surface area contributed by atoms with Crippen molar-refractivity contribution in [2.75, 3.05) is 24.9 Å². The minimum atomic E-state index is -0.260. The number of nitrogens with one attached hydrogen (secondary N) is 2. The number of aromatic nitrogens is 1. The van der Waals surface area contributed by atoms with Crippen molar-refractivity contribution < 1.29 is 14.3 Å². The van der Waals surface area contributed by atoms with Crippen molar-refractivity contribution in [3.8, 4) is 11.5 Å². The Morgan fingerprint density at radius 2 is 2.00 bits per heavy atom. The van der Waals surface area contributed by atoms with E-state index in [-0.39, 0.29) is 5.91 Å². The number of hydrogen-bond acceptors (Lipinski definition) is 5. The van der Waals surface area contributed by atoms with Gasteiger partial charge in [-0.25, -0.2) is 4.98 Å². The van der Waals surface area contributed by atoms with Gasteiger partial charge >= 0.3 is 0 Å². The lowest BCUT2D eigenvalue weighted by Crippen LogP contribution is -2.16. The zero-order valence-corrected chi connectivity index (χ0v) is 14.4. The zero-order chi connectivity index (χ0) is 17.5. The van der Waals surface area contributed by atoms with Crippen molar-refractivity contribution in [3.63, 3.8) is 0 Å². The predicted octanol–water partition coefficient (Wildman–Crippen LogP) is 3.56. The molecule has 0 aliphatic rings. The molecule has 6 heteroatoms. The van der Waals surface area contributed by atoms with Crippen molar-refractivity contribution in [1.29, 1.82) is 0 Å². The van der Waals surface area contributed by atoms with E-state index < -0.39 is 0 Å². The molecule has 1 aromatic heterocycles. The van der Waals surface area contributed by atoms with Gasteiger partial charge in [0.2, 0.25) is 0 Å². The molecule has 0 aliphatic heterocycles. The van der Waals surface area contributed by atoms with Gasteiger partial charge in [0, 0.05) is 18.3 Å². The highest BCUT2D eigenvalue weighted by Crippen LogP contribution is 2.29. The van der Waals surface area contributed by atoms with Gasteiger partial charge in [0.15, 0.2) is 0 Å². The highest BCUT2D eigenvalue weighted by molar-refractivity contribution is 6.05. The monoisotopic (exact) mass is 329 g/mol. The highest BCUT2D eigenvalue weighted by Gasteiger charge is 2.12. The molecule has 0 aliphatic carbocycles. The van der Waals surface area contributed by atoms with E-state index in [4.69, 9.17) is 9.47 Å². The van der Waals surface area contributed by atoms with E-state index in [0.29, 0.717) is 28.8 Å². The first-order valence-electron chi connectivity index (χ1n) is 7.83. The summed E-state index contributed by atoms with van der Waals surface area (Å²) in [6, 6.07) is 9.09. The van der Waals surface area contributed by atoms with Crippen LogP contribution in [-0.4, -0.2) is 31.2 Å². The second-order valence-electron chi connectivity index (χ2n) is 5.41. The first-order valence-corrected chi connectivity index (χ1v) is 7.83. The SMILES string of the molecule is CCC(C)Nc1ccc(C(=O)Nc2cc(OC)ccc2OC)cn1. The standard InChI is InChI=1S/C18H23N3O3/c1-5-12(2)20-17-9-6-13(11-19-17)18(22)21-15-10-14(23-3)7-8-16(15)24-4/h6-12H,5H2,1-4H3,(H,19,20)(H,21,22). The molecule has 0 saturated heterocycles. The molecule has 1 heterocycles. The number of anilines is 2. The van der Waals surface area contributed by atoms with E-state index in [1.807, 2.05) is 0 Å². The second kappa shape index (κ2) is 8.19. The average molecular weight is 329 g/mol. The molecule has 0 spiro atoms. The fourth-order valence-corrected chi connectivity index (χ4v) is 2.07. The summed E-state index contributed by atoms with van der Waals surface area (Å²) in [6.45, 7) is 4.18. The Bertz CT molecular complexity index is 686. The van der Waals surface area contributed by atoms with E-state index in [1.54, 1.807) is 50.7 Å². The van der Waals surface area contributed by atoms with Gasteiger partial charge in [-0.1, -0.05) is 6.92 Å². The lowest BCUT2D eigenvalue weighted by molar-refractivity contribution is 0.102. The summed E-state index contributed by atoms with van der Waals surface area (Å²) in [5, 5.41) is 6.08. The Hall–Kier alpha value is -2.76. The molecule has 1 amide bonds. The van der Waals surface area contributed by atoms with E-state index >= 15 is 0 Å². The van der Waals surface area contributed by atoms with Crippen LogP contribution in [-0.2, 0) is 0 Å². The van der Waals surface area contributed by atoms with Gasteiger partial charge in [0.25, 0.3) is 5.91 Å². The minimum Gasteiger partial charge on any atom is -0.497 e. The molecular weight excluding hydrogens is 306 g/mol. The Balaban J connectivity index is 2.12. The van der Waals surface area contributed by atoms with E-state index in [9.17, 15) is 4.79 Å². The molecule has 128 valence electrons. The van der Waals surface area contributed by atoms with Crippen LogP contribution < -0.4 is 20.1 Å². The molecule has 0 radical (unpaired) electrons. The van der Waals surface area contributed by atoms with Crippen LogP contribution in [0, 0.1) is 0 Å². The molecule has 6 nitrogen and oxygen atoms in total. The van der Waals surface area contributed by atoms with Gasteiger partial charge < -0.3 is 20.1 Å². The molecule has 2 aromatic rings. The third-order valence-electron chi connectivity index (χ3n) is 3.69. The van der Waals surface area contributed by atoms with Crippen molar-refractivity contribution >= 4 is 17.4 Å². The van der Waals surface area contributed by atoms with Crippen LogP contribution in [0.15, 0.2) is 36.5 Å².